The van der Waals surface area contributed by atoms with Gasteiger partial charge in [0.2, 0.25) is 0 Å². The van der Waals surface area contributed by atoms with Gasteiger partial charge in [0.15, 0.2) is 0 Å². The van der Waals surface area contributed by atoms with Crippen LogP contribution in [0.3, 0.4) is 0 Å². The van der Waals surface area contributed by atoms with E-state index < -0.39 is 0 Å². The maximum absolute atomic E-state index is 5.43. The number of hydrogen-bond donors (Lipinski definition) is 1. The van der Waals surface area contributed by atoms with Crippen molar-refractivity contribution < 1.29 is 4.74 Å². The van der Waals surface area contributed by atoms with Gasteiger partial charge >= 0.3 is 0 Å². The van der Waals surface area contributed by atoms with Crippen molar-refractivity contribution in [3.05, 3.63) is 18.2 Å². The Balaban J connectivity index is 2.51. The molecule has 4 nitrogen and oxygen atoms in total. The lowest BCUT2D eigenvalue weighted by Crippen LogP contribution is -2.11. The van der Waals surface area contributed by atoms with Crippen molar-refractivity contribution in [3.8, 4) is 0 Å². The second-order valence-corrected chi connectivity index (χ2v) is 2.57. The van der Waals surface area contributed by atoms with Crippen LogP contribution in [-0.2, 0) is 17.7 Å². The minimum absolute atomic E-state index is 0.643. The second kappa shape index (κ2) is 4.90. The Hall–Kier alpha value is -0.870. The summed E-state index contributed by atoms with van der Waals surface area (Å²) in [7, 11) is 1.69. The van der Waals surface area contributed by atoms with Crippen LogP contribution in [0, 0.1) is 0 Å². The number of methoxy groups -OCH3 is 1. The number of hydrogen-bond acceptors (Lipinski definition) is 3. The minimum Gasteiger partial charge on any atom is -0.383 e. The molecule has 0 radical (unpaired) electrons. The predicted octanol–water partition coefficient (Wildman–Crippen LogP) is 0.0307. The fourth-order valence-electron chi connectivity index (χ4n) is 1.09. The van der Waals surface area contributed by atoms with E-state index in [9.17, 15) is 0 Å². The van der Waals surface area contributed by atoms with Gasteiger partial charge in [-0.15, -0.1) is 0 Å². The predicted molar refractivity (Wildman–Crippen MR) is 46.9 cm³/mol. The zero-order valence-electron chi connectivity index (χ0n) is 7.36. The highest BCUT2D eigenvalue weighted by Gasteiger charge is 1.99. The smallest absolute Gasteiger partial charge is 0.109 e. The fraction of sp³-hybridized carbons (Fsp3) is 0.625. The molecule has 0 amide bonds. The number of nitrogens with zero attached hydrogens (tertiary/aromatic N) is 2. The summed E-state index contributed by atoms with van der Waals surface area (Å²) < 4.78 is 7.03. The van der Waals surface area contributed by atoms with Gasteiger partial charge in [0.25, 0.3) is 0 Å². The molecule has 0 saturated heterocycles. The zero-order valence-corrected chi connectivity index (χ0v) is 7.36. The Labute approximate surface area is 72.3 Å². The maximum atomic E-state index is 5.43. The van der Waals surface area contributed by atoms with Gasteiger partial charge in [-0.25, -0.2) is 4.98 Å². The van der Waals surface area contributed by atoms with Crippen LogP contribution in [0.25, 0.3) is 0 Å². The molecule has 4 heteroatoms. The van der Waals surface area contributed by atoms with Crippen molar-refractivity contribution in [2.24, 2.45) is 5.73 Å². The molecule has 1 rings (SSSR count). The highest BCUT2D eigenvalue weighted by molar-refractivity contribution is 4.92. The van der Waals surface area contributed by atoms with Gasteiger partial charge < -0.3 is 15.0 Å². The minimum atomic E-state index is 0.643. The van der Waals surface area contributed by atoms with E-state index in [1.807, 2.05) is 6.20 Å². The highest BCUT2D eigenvalue weighted by atomic mass is 16.5. The summed E-state index contributed by atoms with van der Waals surface area (Å²) in [6.07, 6.45) is 4.57. The van der Waals surface area contributed by atoms with Gasteiger partial charge in [-0.1, -0.05) is 0 Å². The van der Waals surface area contributed by atoms with Crippen LogP contribution in [-0.4, -0.2) is 29.8 Å². The summed E-state index contributed by atoms with van der Waals surface area (Å²) in [5.74, 6) is 1.04. The zero-order chi connectivity index (χ0) is 8.81. The first-order valence-corrected chi connectivity index (χ1v) is 4.07. The van der Waals surface area contributed by atoms with Crippen LogP contribution in [0.5, 0.6) is 0 Å². The van der Waals surface area contributed by atoms with Crippen molar-refractivity contribution in [1.29, 1.82) is 0 Å². The van der Waals surface area contributed by atoms with E-state index in [1.54, 1.807) is 13.3 Å². The third-order valence-electron chi connectivity index (χ3n) is 1.71. The van der Waals surface area contributed by atoms with E-state index in [4.69, 9.17) is 10.5 Å². The number of ether oxygens (including phenoxy) is 1. The van der Waals surface area contributed by atoms with Crippen molar-refractivity contribution >= 4 is 0 Å². The van der Waals surface area contributed by atoms with Gasteiger partial charge in [0.1, 0.15) is 5.82 Å². The normalized spacial score (nSPS) is 10.5. The van der Waals surface area contributed by atoms with Crippen LogP contribution in [0.1, 0.15) is 5.82 Å². The second-order valence-electron chi connectivity index (χ2n) is 2.57. The van der Waals surface area contributed by atoms with Crippen molar-refractivity contribution in [3.63, 3.8) is 0 Å². The average Bonchev–Trinajstić information content (AvgIpc) is 2.50. The largest absolute Gasteiger partial charge is 0.383 e. The average molecular weight is 169 g/mol. The monoisotopic (exact) mass is 169 g/mol. The van der Waals surface area contributed by atoms with Crippen LogP contribution in [0.15, 0.2) is 12.4 Å². The Bertz CT molecular complexity index is 222. The SMILES string of the molecule is COCCn1ccnc1CCN. The van der Waals surface area contributed by atoms with E-state index in [-0.39, 0.29) is 0 Å². The molecule has 0 aliphatic rings. The molecule has 1 aromatic heterocycles. The lowest BCUT2D eigenvalue weighted by atomic mass is 10.4. The summed E-state index contributed by atoms with van der Waals surface area (Å²) in [6, 6.07) is 0. The molecule has 0 bridgehead atoms. The van der Waals surface area contributed by atoms with Crippen LogP contribution < -0.4 is 5.73 Å². The molecule has 0 spiro atoms. The molecule has 0 atom stereocenters. The first-order chi connectivity index (χ1) is 5.88. The van der Waals surface area contributed by atoms with E-state index >= 15 is 0 Å². The van der Waals surface area contributed by atoms with E-state index in [2.05, 4.69) is 9.55 Å². The van der Waals surface area contributed by atoms with Gasteiger partial charge in [0, 0.05) is 32.5 Å². The highest BCUT2D eigenvalue weighted by Crippen LogP contribution is 1.97. The summed E-state index contributed by atoms with van der Waals surface area (Å²) in [6.45, 7) is 2.21. The van der Waals surface area contributed by atoms with Crippen molar-refractivity contribution in [1.82, 2.24) is 9.55 Å². The maximum Gasteiger partial charge on any atom is 0.109 e. The van der Waals surface area contributed by atoms with E-state index in [0.717, 1.165) is 18.8 Å². The summed E-state index contributed by atoms with van der Waals surface area (Å²) in [5, 5.41) is 0. The Morgan fingerprint density at radius 3 is 3.17 bits per heavy atom. The third-order valence-corrected chi connectivity index (χ3v) is 1.71. The Morgan fingerprint density at radius 2 is 2.50 bits per heavy atom. The van der Waals surface area contributed by atoms with Crippen molar-refractivity contribution in [2.75, 3.05) is 20.3 Å². The molecule has 0 aliphatic heterocycles. The summed E-state index contributed by atoms with van der Waals surface area (Å²) >= 11 is 0. The van der Waals surface area contributed by atoms with Crippen LogP contribution >= 0.6 is 0 Å². The molecule has 68 valence electrons. The van der Waals surface area contributed by atoms with Gasteiger partial charge in [-0.3, -0.25) is 0 Å². The van der Waals surface area contributed by atoms with Gasteiger partial charge in [-0.2, -0.15) is 0 Å². The standard InChI is InChI=1S/C8H15N3O/c1-12-7-6-11-5-4-10-8(11)2-3-9/h4-5H,2-3,6-7,9H2,1H3. The lowest BCUT2D eigenvalue weighted by Gasteiger charge is -2.05. The van der Waals surface area contributed by atoms with Crippen molar-refractivity contribution in [2.45, 2.75) is 13.0 Å². The van der Waals surface area contributed by atoms with E-state index in [1.165, 1.54) is 0 Å². The van der Waals surface area contributed by atoms with Gasteiger partial charge in [0.05, 0.1) is 6.61 Å². The molecule has 0 aromatic carbocycles. The third kappa shape index (κ3) is 2.32. The lowest BCUT2D eigenvalue weighted by molar-refractivity contribution is 0.186. The molecule has 1 heterocycles. The number of nitrogens with two attached hydrogens (primary N) is 1. The first-order valence-electron chi connectivity index (χ1n) is 4.07. The molecule has 0 unspecified atom stereocenters. The Kier molecular flexibility index (Phi) is 3.76. The fourth-order valence-corrected chi connectivity index (χ4v) is 1.09. The molecule has 1 aromatic rings. The van der Waals surface area contributed by atoms with Gasteiger partial charge in [-0.05, 0) is 6.54 Å². The summed E-state index contributed by atoms with van der Waals surface area (Å²) in [5.41, 5.74) is 5.43. The number of rotatable bonds is 5. The van der Waals surface area contributed by atoms with E-state index in [0.29, 0.717) is 13.2 Å². The molecular weight excluding hydrogens is 154 g/mol. The molecular formula is C8H15N3O. The quantitative estimate of drug-likeness (QED) is 0.676. The van der Waals surface area contributed by atoms with Crippen LogP contribution in [0.2, 0.25) is 0 Å². The molecule has 2 N–H and O–H groups in total. The number of aromatic nitrogens is 2. The molecule has 0 fully saturated rings. The molecule has 0 aliphatic carbocycles. The topological polar surface area (TPSA) is 53.1 Å². The number of imidazole rings is 1. The van der Waals surface area contributed by atoms with Crippen LogP contribution in [0.4, 0.5) is 0 Å². The molecule has 0 saturated carbocycles. The Morgan fingerprint density at radius 1 is 1.67 bits per heavy atom. The first kappa shape index (κ1) is 9.22. The summed E-state index contributed by atoms with van der Waals surface area (Å²) in [4.78, 5) is 4.19. The molecule has 12 heavy (non-hydrogen) atoms.